The number of carbonyl (C=O) groups excluding carboxylic acids is 1. The van der Waals surface area contributed by atoms with Gasteiger partial charge >= 0.3 is 0 Å². The van der Waals surface area contributed by atoms with Crippen molar-refractivity contribution in [1.82, 2.24) is 19.5 Å². The summed E-state index contributed by atoms with van der Waals surface area (Å²) >= 11 is 0. The second kappa shape index (κ2) is 6.40. The van der Waals surface area contributed by atoms with E-state index >= 15 is 0 Å². The number of likely N-dealkylation sites (tertiary alicyclic amines) is 1. The third kappa shape index (κ3) is 3.12. The van der Waals surface area contributed by atoms with Gasteiger partial charge in [-0.3, -0.25) is 14.7 Å². The molecule has 1 saturated heterocycles. The lowest BCUT2D eigenvalue weighted by molar-refractivity contribution is -0.129. The highest BCUT2D eigenvalue weighted by atomic mass is 19.1. The zero-order valence-electron chi connectivity index (χ0n) is 14.4. The number of amides is 1. The molecule has 1 N–H and O–H groups in total. The van der Waals surface area contributed by atoms with E-state index < -0.39 is 0 Å². The maximum atomic E-state index is 13.0. The Hall–Kier alpha value is -2.96. The van der Waals surface area contributed by atoms with Crippen LogP contribution in [0.2, 0.25) is 0 Å². The van der Waals surface area contributed by atoms with Gasteiger partial charge in [-0.15, -0.1) is 0 Å². The Morgan fingerprint density at radius 2 is 2.08 bits per heavy atom. The normalized spacial score (nSPS) is 17.2. The van der Waals surface area contributed by atoms with Crippen molar-refractivity contribution >= 4 is 11.6 Å². The van der Waals surface area contributed by atoms with Crippen LogP contribution < -0.4 is 5.56 Å². The molecule has 2 aromatic heterocycles. The molecule has 3 aromatic rings. The van der Waals surface area contributed by atoms with E-state index in [0.29, 0.717) is 24.4 Å². The fourth-order valence-electron chi connectivity index (χ4n) is 3.47. The molecule has 1 aliphatic rings. The summed E-state index contributed by atoms with van der Waals surface area (Å²) in [5, 5.41) is 3.11. The third-order valence-corrected chi connectivity index (χ3v) is 4.85. The summed E-state index contributed by atoms with van der Waals surface area (Å²) in [5.41, 5.74) is 2.86. The van der Waals surface area contributed by atoms with Crippen LogP contribution in [0, 0.1) is 12.7 Å². The number of benzene rings is 1. The van der Waals surface area contributed by atoms with E-state index in [1.165, 1.54) is 22.7 Å². The van der Waals surface area contributed by atoms with Crippen LogP contribution in [-0.2, 0) is 11.2 Å². The first-order valence-corrected chi connectivity index (χ1v) is 8.61. The summed E-state index contributed by atoms with van der Waals surface area (Å²) in [6.45, 7) is 3.06. The fourth-order valence-corrected chi connectivity index (χ4v) is 3.47. The number of halogens is 1. The zero-order chi connectivity index (χ0) is 18.3. The molecule has 6 nitrogen and oxygen atoms in total. The van der Waals surface area contributed by atoms with Crippen molar-refractivity contribution in [3.63, 3.8) is 0 Å². The number of hydrogen-bond donors (Lipinski definition) is 1. The molecule has 0 spiro atoms. The van der Waals surface area contributed by atoms with Crippen LogP contribution in [0.15, 0.2) is 41.2 Å². The topological polar surface area (TPSA) is 70.5 Å². The fraction of sp³-hybridized carbons (Fsp3) is 0.316. The number of nitrogens with zero attached hydrogens (tertiary/aromatic N) is 3. The number of hydrogen-bond acceptors (Lipinski definition) is 3. The first-order valence-electron chi connectivity index (χ1n) is 8.61. The van der Waals surface area contributed by atoms with Crippen molar-refractivity contribution in [2.45, 2.75) is 25.7 Å². The van der Waals surface area contributed by atoms with Crippen LogP contribution in [0.5, 0.6) is 0 Å². The van der Waals surface area contributed by atoms with Crippen molar-refractivity contribution in [2.75, 3.05) is 13.1 Å². The molecule has 0 unspecified atom stereocenters. The molecule has 134 valence electrons. The SMILES string of the molecule is Cc1cc(=O)n2[nH]c([C@H]3CCN(C(=O)Cc4ccc(F)cc4)C3)cc2n1. The van der Waals surface area contributed by atoms with E-state index in [4.69, 9.17) is 0 Å². The lowest BCUT2D eigenvalue weighted by Gasteiger charge is -2.16. The molecule has 0 aliphatic carbocycles. The summed E-state index contributed by atoms with van der Waals surface area (Å²) in [6, 6.07) is 9.38. The van der Waals surface area contributed by atoms with E-state index in [1.807, 2.05) is 11.0 Å². The van der Waals surface area contributed by atoms with Gasteiger partial charge in [0.15, 0.2) is 5.65 Å². The largest absolute Gasteiger partial charge is 0.342 e. The van der Waals surface area contributed by atoms with Gasteiger partial charge in [0.25, 0.3) is 5.56 Å². The average Bonchev–Trinajstić information content (AvgIpc) is 3.23. The molecule has 1 aliphatic heterocycles. The van der Waals surface area contributed by atoms with E-state index in [9.17, 15) is 14.0 Å². The summed E-state index contributed by atoms with van der Waals surface area (Å²) in [7, 11) is 0. The van der Waals surface area contributed by atoms with Crippen molar-refractivity contribution < 1.29 is 9.18 Å². The number of fused-ring (bicyclic) bond motifs is 1. The Balaban J connectivity index is 1.48. The molecule has 4 rings (SSSR count). The van der Waals surface area contributed by atoms with Gasteiger partial charge in [-0.1, -0.05) is 12.1 Å². The molecule has 0 bridgehead atoms. The van der Waals surface area contributed by atoms with Gasteiger partial charge in [-0.05, 0) is 31.0 Å². The Labute approximate surface area is 149 Å². The molecule has 7 heteroatoms. The molecular weight excluding hydrogens is 335 g/mol. The Bertz CT molecular complexity index is 1020. The smallest absolute Gasteiger partial charge is 0.272 e. The lowest BCUT2D eigenvalue weighted by atomic mass is 10.1. The third-order valence-electron chi connectivity index (χ3n) is 4.85. The molecule has 26 heavy (non-hydrogen) atoms. The Morgan fingerprint density at radius 3 is 2.85 bits per heavy atom. The van der Waals surface area contributed by atoms with Crippen LogP contribution in [-0.4, -0.2) is 38.5 Å². The number of carbonyl (C=O) groups is 1. The van der Waals surface area contributed by atoms with Gasteiger partial charge in [0, 0.05) is 42.5 Å². The number of nitrogens with one attached hydrogen (secondary N) is 1. The van der Waals surface area contributed by atoms with E-state index in [2.05, 4.69) is 10.1 Å². The molecule has 1 fully saturated rings. The van der Waals surface area contributed by atoms with E-state index in [0.717, 1.165) is 17.7 Å². The van der Waals surface area contributed by atoms with E-state index in [-0.39, 0.29) is 29.6 Å². The molecule has 0 saturated carbocycles. The van der Waals surface area contributed by atoms with Crippen LogP contribution in [0.25, 0.3) is 5.65 Å². The van der Waals surface area contributed by atoms with Crippen molar-refractivity contribution in [3.8, 4) is 0 Å². The van der Waals surface area contributed by atoms with Gasteiger partial charge in [-0.25, -0.2) is 13.9 Å². The van der Waals surface area contributed by atoms with Crippen LogP contribution in [0.1, 0.15) is 29.3 Å². The summed E-state index contributed by atoms with van der Waals surface area (Å²) in [6.07, 6.45) is 1.09. The summed E-state index contributed by atoms with van der Waals surface area (Å²) < 4.78 is 14.4. The first kappa shape index (κ1) is 16.5. The molecule has 1 aromatic carbocycles. The second-order valence-electron chi connectivity index (χ2n) is 6.77. The van der Waals surface area contributed by atoms with Gasteiger partial charge in [0.2, 0.25) is 5.91 Å². The number of aromatic nitrogens is 3. The number of H-pyrrole nitrogens is 1. The second-order valence-corrected chi connectivity index (χ2v) is 6.77. The highest BCUT2D eigenvalue weighted by molar-refractivity contribution is 5.79. The molecule has 3 heterocycles. The van der Waals surface area contributed by atoms with Gasteiger partial charge in [0.05, 0.1) is 6.42 Å². The first-order chi connectivity index (χ1) is 12.5. The highest BCUT2D eigenvalue weighted by Crippen LogP contribution is 2.27. The predicted molar refractivity (Wildman–Crippen MR) is 94.6 cm³/mol. The predicted octanol–water partition coefficient (Wildman–Crippen LogP) is 2.03. The number of rotatable bonds is 3. The molecule has 1 amide bonds. The van der Waals surface area contributed by atoms with Crippen molar-refractivity contribution in [2.24, 2.45) is 0 Å². The van der Waals surface area contributed by atoms with Gasteiger partial charge in [-0.2, -0.15) is 0 Å². The van der Waals surface area contributed by atoms with Crippen molar-refractivity contribution in [1.29, 1.82) is 0 Å². The Morgan fingerprint density at radius 1 is 1.31 bits per heavy atom. The minimum atomic E-state index is -0.305. The standard InChI is InChI=1S/C19H19FN4O2/c1-12-8-19(26)24-17(21-12)10-16(22-24)14-6-7-23(11-14)18(25)9-13-2-4-15(20)5-3-13/h2-5,8,10,14,22H,6-7,9,11H2,1H3/t14-/m0/s1. The quantitative estimate of drug-likeness (QED) is 0.782. The van der Waals surface area contributed by atoms with Crippen LogP contribution in [0.3, 0.4) is 0 Å². The summed E-state index contributed by atoms with van der Waals surface area (Å²) in [5.74, 6) is -0.129. The number of aromatic amines is 1. The molecule has 0 radical (unpaired) electrons. The zero-order valence-corrected chi connectivity index (χ0v) is 14.4. The van der Waals surface area contributed by atoms with Crippen molar-refractivity contribution in [3.05, 3.63) is 69.5 Å². The minimum absolute atomic E-state index is 0.0290. The summed E-state index contributed by atoms with van der Waals surface area (Å²) in [4.78, 5) is 30.7. The monoisotopic (exact) mass is 354 g/mol. The number of aryl methyl sites for hydroxylation is 1. The highest BCUT2D eigenvalue weighted by Gasteiger charge is 2.28. The molecular formula is C19H19FN4O2. The Kier molecular flexibility index (Phi) is 4.06. The lowest BCUT2D eigenvalue weighted by Crippen LogP contribution is -2.29. The van der Waals surface area contributed by atoms with Crippen LogP contribution in [0.4, 0.5) is 4.39 Å². The maximum Gasteiger partial charge on any atom is 0.272 e. The van der Waals surface area contributed by atoms with E-state index in [1.54, 1.807) is 19.1 Å². The van der Waals surface area contributed by atoms with Crippen LogP contribution >= 0.6 is 0 Å². The maximum absolute atomic E-state index is 13.0. The minimum Gasteiger partial charge on any atom is -0.342 e. The van der Waals surface area contributed by atoms with Gasteiger partial charge in [0.1, 0.15) is 5.82 Å². The van der Waals surface area contributed by atoms with Gasteiger partial charge < -0.3 is 4.90 Å². The average molecular weight is 354 g/mol. The molecule has 1 atom stereocenters.